The van der Waals surface area contributed by atoms with Gasteiger partial charge in [0, 0.05) is 11.3 Å². The highest BCUT2D eigenvalue weighted by Gasteiger charge is 2.36. The van der Waals surface area contributed by atoms with Crippen LogP contribution in [-0.4, -0.2) is 11.6 Å². The molecule has 0 aliphatic heterocycles. The van der Waals surface area contributed by atoms with E-state index in [1.165, 1.54) is 0 Å². The first-order valence-corrected chi connectivity index (χ1v) is 7.48. The lowest BCUT2D eigenvalue weighted by Gasteiger charge is -2.23. The number of rotatable bonds is 0. The summed E-state index contributed by atoms with van der Waals surface area (Å²) < 4.78 is 0.894. The van der Waals surface area contributed by atoms with E-state index in [2.05, 4.69) is 31.9 Å². The molecule has 0 spiro atoms. The van der Waals surface area contributed by atoms with E-state index < -0.39 is 5.78 Å². The molecule has 7 heteroatoms. The molecule has 0 amide bonds. The van der Waals surface area contributed by atoms with Crippen LogP contribution in [0, 0.1) is 0 Å². The van der Waals surface area contributed by atoms with Crippen molar-refractivity contribution in [2.45, 2.75) is 0 Å². The molecule has 0 bridgehead atoms. The van der Waals surface area contributed by atoms with Crippen LogP contribution in [0.25, 0.3) is 0 Å². The number of halogens is 2. The van der Waals surface area contributed by atoms with E-state index in [1.807, 2.05) is 0 Å². The predicted octanol–water partition coefficient (Wildman–Crippen LogP) is 2.73. The molecule has 0 atom stereocenters. The van der Waals surface area contributed by atoms with Gasteiger partial charge in [0.1, 0.15) is 0 Å². The molecule has 0 unspecified atom stereocenters. The van der Waals surface area contributed by atoms with Crippen LogP contribution in [-0.2, 0) is 0 Å². The van der Waals surface area contributed by atoms with Crippen LogP contribution in [0.4, 0.5) is 17.1 Å². The van der Waals surface area contributed by atoms with Gasteiger partial charge in [-0.05, 0) is 37.9 Å². The Labute approximate surface area is 136 Å². The topological polar surface area (TPSA) is 112 Å². The average molecular weight is 411 g/mol. The van der Waals surface area contributed by atoms with E-state index in [0.29, 0.717) is 8.95 Å². The molecular weight excluding hydrogens is 402 g/mol. The molecule has 5 nitrogen and oxygen atoms in total. The van der Waals surface area contributed by atoms with E-state index in [4.69, 9.17) is 17.2 Å². The number of benzene rings is 2. The molecule has 0 heterocycles. The maximum atomic E-state index is 12.7. The molecule has 106 valence electrons. The lowest BCUT2D eigenvalue weighted by atomic mass is 9.81. The van der Waals surface area contributed by atoms with Gasteiger partial charge in [-0.25, -0.2) is 0 Å². The number of anilines is 3. The van der Waals surface area contributed by atoms with Crippen molar-refractivity contribution in [1.82, 2.24) is 0 Å². The summed E-state index contributed by atoms with van der Waals surface area (Å²) in [5.41, 5.74) is 19.0. The lowest BCUT2D eigenvalue weighted by molar-refractivity contribution is 0.0981. The van der Waals surface area contributed by atoms with Crippen molar-refractivity contribution in [3.63, 3.8) is 0 Å². The maximum absolute atomic E-state index is 12.7. The Kier molecular flexibility index (Phi) is 3.07. The van der Waals surface area contributed by atoms with Crippen LogP contribution in [0.2, 0.25) is 0 Å². The monoisotopic (exact) mass is 409 g/mol. The van der Waals surface area contributed by atoms with Gasteiger partial charge in [0.15, 0.2) is 11.6 Å². The summed E-state index contributed by atoms with van der Waals surface area (Å²) in [4.78, 5) is 25.4. The summed E-state index contributed by atoms with van der Waals surface area (Å²) in [6, 6.07) is 4.75. The Morgan fingerprint density at radius 3 is 1.86 bits per heavy atom. The molecule has 0 aromatic heterocycles. The Bertz CT molecular complexity index is 847. The standard InChI is InChI=1S/C14H9Br2N3O2/c15-9-10(16)12(19)8-7(11(9)18)13(20)4-2-1-3-5(17)6(4)14(8)21/h1-3H,17-19H2. The maximum Gasteiger partial charge on any atom is 0.198 e. The van der Waals surface area contributed by atoms with Crippen molar-refractivity contribution >= 4 is 60.5 Å². The number of carbonyl (C=O) groups is 2. The summed E-state index contributed by atoms with van der Waals surface area (Å²) in [7, 11) is 0. The smallest absolute Gasteiger partial charge is 0.198 e. The third-order valence-electron chi connectivity index (χ3n) is 3.48. The van der Waals surface area contributed by atoms with Crippen molar-refractivity contribution in [1.29, 1.82) is 0 Å². The first-order chi connectivity index (χ1) is 9.86. The number of hydrogen-bond acceptors (Lipinski definition) is 5. The van der Waals surface area contributed by atoms with E-state index in [-0.39, 0.29) is 45.1 Å². The molecule has 0 fully saturated rings. The van der Waals surface area contributed by atoms with Gasteiger partial charge in [0.25, 0.3) is 0 Å². The van der Waals surface area contributed by atoms with Gasteiger partial charge in [-0.2, -0.15) is 0 Å². The summed E-state index contributed by atoms with van der Waals surface area (Å²) in [6.45, 7) is 0. The fourth-order valence-corrected chi connectivity index (χ4v) is 3.29. The number of nitrogen functional groups attached to an aromatic ring is 3. The van der Waals surface area contributed by atoms with Gasteiger partial charge in [0.05, 0.1) is 37.0 Å². The number of fused-ring (bicyclic) bond motifs is 2. The minimum Gasteiger partial charge on any atom is -0.398 e. The highest BCUT2D eigenvalue weighted by Crippen LogP contribution is 2.44. The zero-order valence-corrected chi connectivity index (χ0v) is 13.7. The quantitative estimate of drug-likeness (QED) is 0.493. The summed E-state index contributed by atoms with van der Waals surface area (Å²) in [5.74, 6) is -0.751. The number of nitrogens with two attached hydrogens (primary N) is 3. The molecule has 6 N–H and O–H groups in total. The second kappa shape index (κ2) is 4.57. The van der Waals surface area contributed by atoms with Gasteiger partial charge in [-0.15, -0.1) is 0 Å². The van der Waals surface area contributed by atoms with Crippen molar-refractivity contribution < 1.29 is 9.59 Å². The van der Waals surface area contributed by atoms with Crippen molar-refractivity contribution in [3.8, 4) is 0 Å². The summed E-state index contributed by atoms with van der Waals surface area (Å²) in [5, 5.41) is 0. The Balaban J connectivity index is 2.47. The molecule has 1 aliphatic carbocycles. The lowest BCUT2D eigenvalue weighted by Crippen LogP contribution is -2.25. The van der Waals surface area contributed by atoms with Crippen LogP contribution < -0.4 is 17.2 Å². The highest BCUT2D eigenvalue weighted by atomic mass is 79.9. The summed E-state index contributed by atoms with van der Waals surface area (Å²) >= 11 is 6.54. The van der Waals surface area contributed by atoms with Crippen LogP contribution in [0.3, 0.4) is 0 Å². The average Bonchev–Trinajstić information content (AvgIpc) is 2.46. The minimum absolute atomic E-state index is 0.0953. The van der Waals surface area contributed by atoms with E-state index >= 15 is 0 Å². The van der Waals surface area contributed by atoms with Gasteiger partial charge in [0.2, 0.25) is 0 Å². The Morgan fingerprint density at radius 1 is 0.762 bits per heavy atom. The van der Waals surface area contributed by atoms with Crippen molar-refractivity contribution in [2.75, 3.05) is 17.2 Å². The first kappa shape index (κ1) is 14.1. The SMILES string of the molecule is Nc1cccc2c1C(=O)c1c(N)c(Br)c(Br)c(N)c1C2=O. The van der Waals surface area contributed by atoms with Crippen LogP contribution in [0.15, 0.2) is 27.1 Å². The van der Waals surface area contributed by atoms with Crippen molar-refractivity contribution in [3.05, 3.63) is 49.4 Å². The van der Waals surface area contributed by atoms with Gasteiger partial charge in [-0.3, -0.25) is 9.59 Å². The van der Waals surface area contributed by atoms with Crippen LogP contribution in [0.5, 0.6) is 0 Å². The molecule has 2 aromatic carbocycles. The zero-order chi connectivity index (χ0) is 15.5. The Hall–Kier alpha value is -1.86. The second-order valence-corrected chi connectivity index (χ2v) is 6.22. The fourth-order valence-electron chi connectivity index (χ4n) is 2.47. The fraction of sp³-hybridized carbons (Fsp3) is 0. The van der Waals surface area contributed by atoms with Gasteiger partial charge >= 0.3 is 0 Å². The largest absolute Gasteiger partial charge is 0.398 e. The van der Waals surface area contributed by atoms with Crippen molar-refractivity contribution in [2.24, 2.45) is 0 Å². The normalized spacial score (nSPS) is 13.0. The number of carbonyl (C=O) groups excluding carboxylic acids is 2. The third kappa shape index (κ3) is 1.74. The number of hydrogen-bond donors (Lipinski definition) is 3. The molecule has 3 rings (SSSR count). The first-order valence-electron chi connectivity index (χ1n) is 5.90. The van der Waals surface area contributed by atoms with Gasteiger partial charge in [-0.1, -0.05) is 12.1 Å². The van der Waals surface area contributed by atoms with Crippen LogP contribution >= 0.6 is 31.9 Å². The van der Waals surface area contributed by atoms with Crippen LogP contribution in [0.1, 0.15) is 31.8 Å². The minimum atomic E-state index is -0.393. The van der Waals surface area contributed by atoms with Gasteiger partial charge < -0.3 is 17.2 Å². The molecule has 21 heavy (non-hydrogen) atoms. The highest BCUT2D eigenvalue weighted by molar-refractivity contribution is 9.13. The van der Waals surface area contributed by atoms with E-state index in [0.717, 1.165) is 0 Å². The molecule has 1 aliphatic rings. The van der Waals surface area contributed by atoms with E-state index in [1.54, 1.807) is 18.2 Å². The predicted molar refractivity (Wildman–Crippen MR) is 88.4 cm³/mol. The molecule has 0 saturated carbocycles. The number of ketones is 2. The molecule has 2 aromatic rings. The third-order valence-corrected chi connectivity index (χ3v) is 5.66. The molecule has 0 saturated heterocycles. The molecule has 0 radical (unpaired) electrons. The Morgan fingerprint density at radius 2 is 1.29 bits per heavy atom. The summed E-state index contributed by atoms with van der Waals surface area (Å²) in [6.07, 6.45) is 0. The van der Waals surface area contributed by atoms with E-state index in [9.17, 15) is 9.59 Å². The molecular formula is C14H9Br2N3O2. The second-order valence-electron chi connectivity index (χ2n) is 4.63. The zero-order valence-electron chi connectivity index (χ0n) is 10.5.